The first-order valence-electron chi connectivity index (χ1n) is 23.3. The van der Waals surface area contributed by atoms with Crippen molar-refractivity contribution >= 4 is 65.1 Å². The van der Waals surface area contributed by atoms with Crippen LogP contribution in [0.4, 0.5) is 0 Å². The average Bonchev–Trinajstić information content (AvgIpc) is 3.79. The van der Waals surface area contributed by atoms with Crippen molar-refractivity contribution in [1.82, 2.24) is 42.1 Å². The monoisotopic (exact) mass is 1020 g/mol. The van der Waals surface area contributed by atoms with Crippen LogP contribution in [-0.2, 0) is 59.2 Å². The molecule has 0 spiro atoms. The Morgan fingerprint density at radius 2 is 1.14 bits per heavy atom. The Hall–Kier alpha value is -6.97. The molecule has 0 aliphatic carbocycles. The SMILES string of the molecule is CC(C)C[C@H](NC(=O)[C@H](CO)NC(=O)[C@H](CC(=O)O)NC(=O)[C@H](CO)NC(=O)[C@H](CCC(N)=O)NC(=O)[C@@H](N)CC(C)C)C(=O)N1CCC[C@H]1C(=O)N[C@@H](Cc1ccc(O)cc1)C(=O)N[C@H](C(=O)O)[C@@H](C)O. The number of rotatable bonds is 30. The van der Waals surface area contributed by atoms with Gasteiger partial charge in [-0.1, -0.05) is 39.8 Å². The first kappa shape index (κ1) is 61.2. The molecule has 0 aromatic heterocycles. The highest BCUT2D eigenvalue weighted by Gasteiger charge is 2.41. The van der Waals surface area contributed by atoms with Gasteiger partial charge in [0.25, 0.3) is 0 Å². The minimum atomic E-state index is -2.01. The number of carboxylic acid groups (broad SMARTS) is 2. The van der Waals surface area contributed by atoms with Gasteiger partial charge in [0, 0.05) is 19.4 Å². The van der Waals surface area contributed by atoms with E-state index in [2.05, 4.69) is 37.2 Å². The molecular formula is C45H70N10O17. The molecule has 10 atom stereocenters. The first-order chi connectivity index (χ1) is 33.7. The van der Waals surface area contributed by atoms with Crippen LogP contribution < -0.4 is 48.7 Å². The molecule has 1 aliphatic heterocycles. The van der Waals surface area contributed by atoms with Gasteiger partial charge in [0.15, 0.2) is 6.04 Å². The fourth-order valence-electron chi connectivity index (χ4n) is 7.49. The molecule has 1 aromatic rings. The second-order valence-corrected chi connectivity index (χ2v) is 18.3. The second kappa shape index (κ2) is 29.4. The quantitative estimate of drug-likeness (QED) is 0.0343. The molecule has 2 rings (SSSR count). The number of carboxylic acids is 2. The van der Waals surface area contributed by atoms with Crippen molar-refractivity contribution in [3.05, 3.63) is 29.8 Å². The number of aliphatic carboxylic acids is 2. The summed E-state index contributed by atoms with van der Waals surface area (Å²) < 4.78 is 0. The number of phenolic OH excluding ortho intramolecular Hbond substituents is 1. The Morgan fingerprint density at radius 1 is 0.653 bits per heavy atom. The number of hydrogen-bond acceptors (Lipinski definition) is 16. The summed E-state index contributed by atoms with van der Waals surface area (Å²) in [6.07, 6.45) is -3.06. The van der Waals surface area contributed by atoms with Crippen molar-refractivity contribution < 1.29 is 83.4 Å². The Bertz CT molecular complexity index is 2090. The van der Waals surface area contributed by atoms with Crippen LogP contribution in [-0.4, -0.2) is 181 Å². The fourth-order valence-corrected chi connectivity index (χ4v) is 7.49. The van der Waals surface area contributed by atoms with Crippen LogP contribution in [0.15, 0.2) is 24.3 Å². The third-order valence-electron chi connectivity index (χ3n) is 11.2. The van der Waals surface area contributed by atoms with Crippen LogP contribution in [0, 0.1) is 11.8 Å². The number of nitrogens with one attached hydrogen (secondary N) is 7. The van der Waals surface area contributed by atoms with Crippen LogP contribution in [0.25, 0.3) is 0 Å². The molecule has 1 heterocycles. The van der Waals surface area contributed by atoms with Crippen molar-refractivity contribution in [1.29, 1.82) is 0 Å². The normalized spacial score (nSPS) is 17.1. The summed E-state index contributed by atoms with van der Waals surface area (Å²) in [5.74, 6) is -12.7. The Kier molecular flexibility index (Phi) is 25.0. The highest BCUT2D eigenvalue weighted by Crippen LogP contribution is 2.22. The van der Waals surface area contributed by atoms with Crippen LogP contribution in [0.5, 0.6) is 5.75 Å². The third kappa shape index (κ3) is 20.0. The largest absolute Gasteiger partial charge is 0.508 e. The van der Waals surface area contributed by atoms with Gasteiger partial charge >= 0.3 is 11.9 Å². The molecule has 0 unspecified atom stereocenters. The smallest absolute Gasteiger partial charge is 0.328 e. The molecule has 72 heavy (non-hydrogen) atoms. The number of carbonyl (C=O) groups is 11. The molecule has 1 fully saturated rings. The third-order valence-corrected chi connectivity index (χ3v) is 11.2. The van der Waals surface area contributed by atoms with Gasteiger partial charge in [0.2, 0.25) is 53.2 Å². The van der Waals surface area contributed by atoms with Gasteiger partial charge in [-0.3, -0.25) is 47.9 Å². The number of aliphatic hydroxyl groups is 3. The van der Waals surface area contributed by atoms with Crippen molar-refractivity contribution in [3.63, 3.8) is 0 Å². The van der Waals surface area contributed by atoms with Gasteiger partial charge in [-0.05, 0) is 68.6 Å². The molecule has 1 aromatic carbocycles. The number of amides is 9. The van der Waals surface area contributed by atoms with E-state index < -0.39 is 152 Å². The zero-order valence-electron chi connectivity index (χ0n) is 40.8. The number of likely N-dealkylation sites (tertiary alicyclic amines) is 1. The Labute approximate surface area is 414 Å². The lowest BCUT2D eigenvalue weighted by atomic mass is 10.0. The van der Waals surface area contributed by atoms with Crippen LogP contribution in [0.3, 0.4) is 0 Å². The number of benzene rings is 1. The van der Waals surface area contributed by atoms with Crippen molar-refractivity contribution in [3.8, 4) is 5.75 Å². The number of nitrogens with two attached hydrogens (primary N) is 2. The van der Waals surface area contributed by atoms with E-state index in [4.69, 9.17) is 11.5 Å². The molecule has 1 saturated heterocycles. The molecule has 17 N–H and O–H groups in total. The summed E-state index contributed by atoms with van der Waals surface area (Å²) in [5.41, 5.74) is 11.6. The maximum absolute atomic E-state index is 14.2. The maximum atomic E-state index is 14.2. The Morgan fingerprint density at radius 3 is 1.62 bits per heavy atom. The highest BCUT2D eigenvalue weighted by atomic mass is 16.4. The van der Waals surface area contributed by atoms with E-state index in [9.17, 15) is 83.4 Å². The van der Waals surface area contributed by atoms with Crippen LogP contribution in [0.2, 0.25) is 0 Å². The van der Waals surface area contributed by atoms with E-state index in [-0.39, 0.29) is 62.7 Å². The zero-order valence-corrected chi connectivity index (χ0v) is 40.8. The molecule has 0 bridgehead atoms. The number of nitrogens with zero attached hydrogens (tertiary/aromatic N) is 1. The number of aromatic hydroxyl groups is 1. The number of phenols is 1. The summed E-state index contributed by atoms with van der Waals surface area (Å²) in [6, 6.07) is -8.58. The van der Waals surface area contributed by atoms with Crippen molar-refractivity contribution in [2.45, 2.75) is 146 Å². The number of carbonyl (C=O) groups excluding carboxylic acids is 9. The van der Waals surface area contributed by atoms with Gasteiger partial charge in [0.05, 0.1) is 31.8 Å². The van der Waals surface area contributed by atoms with E-state index >= 15 is 0 Å². The number of hydrogen-bond donors (Lipinski definition) is 15. The van der Waals surface area contributed by atoms with Gasteiger partial charge in [-0.25, -0.2) is 4.79 Å². The number of primary amides is 1. The second-order valence-electron chi connectivity index (χ2n) is 18.3. The summed E-state index contributed by atoms with van der Waals surface area (Å²) in [6.45, 7) is 5.90. The van der Waals surface area contributed by atoms with Crippen molar-refractivity contribution in [2.75, 3.05) is 19.8 Å². The predicted molar refractivity (Wildman–Crippen MR) is 251 cm³/mol. The summed E-state index contributed by atoms with van der Waals surface area (Å²) >= 11 is 0. The highest BCUT2D eigenvalue weighted by molar-refractivity contribution is 5.99. The topological polar surface area (TPSA) is 449 Å². The van der Waals surface area contributed by atoms with E-state index in [0.29, 0.717) is 5.56 Å². The molecule has 402 valence electrons. The van der Waals surface area contributed by atoms with E-state index in [1.165, 1.54) is 24.3 Å². The van der Waals surface area contributed by atoms with Crippen LogP contribution in [0.1, 0.15) is 85.1 Å². The molecule has 27 heteroatoms. The predicted octanol–water partition coefficient (Wildman–Crippen LogP) is -5.07. The molecule has 9 amide bonds. The Balaban J connectivity index is 2.29. The minimum absolute atomic E-state index is 0.000473. The van der Waals surface area contributed by atoms with Crippen molar-refractivity contribution in [2.24, 2.45) is 23.3 Å². The molecule has 0 radical (unpaired) electrons. The maximum Gasteiger partial charge on any atom is 0.328 e. The summed E-state index contributed by atoms with van der Waals surface area (Å²) in [7, 11) is 0. The van der Waals surface area contributed by atoms with Crippen LogP contribution >= 0.6 is 0 Å². The minimum Gasteiger partial charge on any atom is -0.508 e. The average molecular weight is 1020 g/mol. The lowest BCUT2D eigenvalue weighted by molar-refractivity contribution is -0.145. The van der Waals surface area contributed by atoms with E-state index in [1.807, 2.05) is 0 Å². The standard InChI is InChI=1S/C45H70N10O17/c1-21(2)15-26(46)37(63)48-27(12-13-34(47)60)38(64)52-31(19-56)41(67)49-29(18-35(61)62)39(65)53-32(20-57)42(68)51-30(16-22(3)4)44(70)55-14-6-7-33(55)43(69)50-28(17-24-8-10-25(59)11-9-24)40(66)54-36(23(5)58)45(71)72/h8-11,21-23,26-33,36,56-59H,6-7,12-20,46H2,1-5H3,(H2,47,60)(H,48,63)(H,49,67)(H,50,69)(H,51,68)(H,52,64)(H,53,65)(H,54,66)(H,61,62)(H,71,72)/t23-,26+,27+,28+,29+,30+,31+,32+,33+,36+/m1/s1. The molecular weight excluding hydrogens is 953 g/mol. The lowest BCUT2D eigenvalue weighted by Gasteiger charge is -2.31. The zero-order chi connectivity index (χ0) is 54.6. The molecule has 27 nitrogen and oxygen atoms in total. The van der Waals surface area contributed by atoms with Gasteiger partial charge in [-0.2, -0.15) is 0 Å². The molecule has 1 aliphatic rings. The lowest BCUT2D eigenvalue weighted by Crippen LogP contribution is -2.61. The van der Waals surface area contributed by atoms with Gasteiger partial charge in [0.1, 0.15) is 48.0 Å². The van der Waals surface area contributed by atoms with E-state index in [0.717, 1.165) is 11.8 Å². The van der Waals surface area contributed by atoms with Gasteiger partial charge < -0.3 is 84.2 Å². The molecule has 0 saturated carbocycles. The summed E-state index contributed by atoms with van der Waals surface area (Å²) in [4.78, 5) is 144. The first-order valence-corrected chi connectivity index (χ1v) is 23.3. The van der Waals surface area contributed by atoms with E-state index in [1.54, 1.807) is 27.7 Å². The fraction of sp³-hybridized carbons (Fsp3) is 0.622. The number of aliphatic hydroxyl groups excluding tert-OH is 3. The summed E-state index contributed by atoms with van der Waals surface area (Å²) in [5, 5.41) is 75.1. The van der Waals surface area contributed by atoms with Gasteiger partial charge in [-0.15, -0.1) is 0 Å².